The van der Waals surface area contributed by atoms with E-state index in [2.05, 4.69) is 36.2 Å². The van der Waals surface area contributed by atoms with Crippen molar-refractivity contribution in [2.75, 3.05) is 0 Å². The summed E-state index contributed by atoms with van der Waals surface area (Å²) in [6.45, 7) is 5.66. The van der Waals surface area contributed by atoms with Gasteiger partial charge in [0.1, 0.15) is 5.01 Å². The first-order chi connectivity index (χ1) is 8.61. The SMILES string of the molecule is CCCc1ccc(-c2nc(C)c(C(C)=O)s2)cc1. The summed E-state index contributed by atoms with van der Waals surface area (Å²) < 4.78 is 0. The van der Waals surface area contributed by atoms with Crippen molar-refractivity contribution in [2.24, 2.45) is 0 Å². The number of ketones is 1. The lowest BCUT2D eigenvalue weighted by molar-refractivity contribution is 0.102. The number of hydrogen-bond donors (Lipinski definition) is 0. The van der Waals surface area contributed by atoms with Crippen LogP contribution in [0.25, 0.3) is 10.6 Å². The molecule has 0 atom stereocenters. The molecule has 0 unspecified atom stereocenters. The Kier molecular flexibility index (Phi) is 3.92. The van der Waals surface area contributed by atoms with Crippen LogP contribution in [0.15, 0.2) is 24.3 Å². The lowest BCUT2D eigenvalue weighted by atomic mass is 10.1. The average molecular weight is 259 g/mol. The van der Waals surface area contributed by atoms with E-state index in [1.54, 1.807) is 6.92 Å². The first-order valence-electron chi connectivity index (χ1n) is 6.19. The Labute approximate surface area is 112 Å². The molecule has 0 aliphatic rings. The molecular formula is C15H17NOS. The van der Waals surface area contributed by atoms with Gasteiger partial charge >= 0.3 is 0 Å². The van der Waals surface area contributed by atoms with Gasteiger partial charge in [0.25, 0.3) is 0 Å². The van der Waals surface area contributed by atoms with E-state index >= 15 is 0 Å². The molecule has 2 rings (SSSR count). The van der Waals surface area contributed by atoms with Crippen LogP contribution in [0.2, 0.25) is 0 Å². The number of hydrogen-bond acceptors (Lipinski definition) is 3. The van der Waals surface area contributed by atoms with Crippen molar-refractivity contribution in [2.45, 2.75) is 33.6 Å². The maximum absolute atomic E-state index is 11.4. The van der Waals surface area contributed by atoms with E-state index < -0.39 is 0 Å². The molecule has 0 radical (unpaired) electrons. The molecule has 2 aromatic rings. The molecule has 0 aliphatic heterocycles. The predicted octanol–water partition coefficient (Wildman–Crippen LogP) is 4.27. The number of aromatic nitrogens is 1. The first-order valence-corrected chi connectivity index (χ1v) is 7.01. The maximum Gasteiger partial charge on any atom is 0.171 e. The molecule has 0 N–H and O–H groups in total. The molecule has 0 fully saturated rings. The third kappa shape index (κ3) is 2.67. The molecule has 1 heterocycles. The van der Waals surface area contributed by atoms with Crippen molar-refractivity contribution in [3.05, 3.63) is 40.4 Å². The van der Waals surface area contributed by atoms with Gasteiger partial charge in [0, 0.05) is 12.5 Å². The normalized spacial score (nSPS) is 10.6. The standard InChI is InChI=1S/C15H17NOS/c1-4-5-12-6-8-13(9-7-12)15-16-10(2)14(18-15)11(3)17/h6-9H,4-5H2,1-3H3. The summed E-state index contributed by atoms with van der Waals surface area (Å²) in [6.07, 6.45) is 2.26. The van der Waals surface area contributed by atoms with Crippen LogP contribution in [0.3, 0.4) is 0 Å². The highest BCUT2D eigenvalue weighted by molar-refractivity contribution is 7.17. The predicted molar refractivity (Wildman–Crippen MR) is 76.3 cm³/mol. The van der Waals surface area contributed by atoms with E-state index in [0.29, 0.717) is 0 Å². The molecule has 0 bridgehead atoms. The highest BCUT2D eigenvalue weighted by Crippen LogP contribution is 2.28. The number of nitrogens with zero attached hydrogens (tertiary/aromatic N) is 1. The monoisotopic (exact) mass is 259 g/mol. The van der Waals surface area contributed by atoms with E-state index in [1.807, 2.05) is 6.92 Å². The Hall–Kier alpha value is -1.48. The largest absolute Gasteiger partial charge is 0.294 e. The average Bonchev–Trinajstić information content (AvgIpc) is 2.73. The van der Waals surface area contributed by atoms with Gasteiger partial charge in [-0.05, 0) is 18.9 Å². The lowest BCUT2D eigenvalue weighted by Crippen LogP contribution is -1.89. The molecule has 0 saturated carbocycles. The van der Waals surface area contributed by atoms with Crippen LogP contribution in [-0.4, -0.2) is 10.8 Å². The fraction of sp³-hybridized carbons (Fsp3) is 0.333. The summed E-state index contributed by atoms with van der Waals surface area (Å²) in [5, 5.41) is 0.931. The molecule has 1 aromatic heterocycles. The highest BCUT2D eigenvalue weighted by atomic mass is 32.1. The van der Waals surface area contributed by atoms with E-state index in [9.17, 15) is 4.79 Å². The minimum Gasteiger partial charge on any atom is -0.294 e. The summed E-state index contributed by atoms with van der Waals surface area (Å²) in [7, 11) is 0. The first kappa shape index (κ1) is 13.0. The van der Waals surface area contributed by atoms with Crippen LogP contribution in [0.5, 0.6) is 0 Å². The van der Waals surface area contributed by atoms with E-state index in [-0.39, 0.29) is 5.78 Å². The van der Waals surface area contributed by atoms with Crippen LogP contribution in [0.1, 0.15) is 41.2 Å². The van der Waals surface area contributed by atoms with Crippen LogP contribution < -0.4 is 0 Å². The molecule has 0 saturated heterocycles. The summed E-state index contributed by atoms with van der Waals surface area (Å²) >= 11 is 1.48. The highest BCUT2D eigenvalue weighted by Gasteiger charge is 2.12. The van der Waals surface area contributed by atoms with Crippen molar-refractivity contribution in [3.8, 4) is 10.6 Å². The van der Waals surface area contributed by atoms with Crippen LogP contribution in [0.4, 0.5) is 0 Å². The zero-order valence-corrected chi connectivity index (χ0v) is 11.8. The number of thiazole rings is 1. The summed E-state index contributed by atoms with van der Waals surface area (Å²) in [5.74, 6) is 0.0962. The fourth-order valence-corrected chi connectivity index (χ4v) is 2.92. The molecule has 0 amide bonds. The van der Waals surface area contributed by atoms with Gasteiger partial charge in [0.2, 0.25) is 0 Å². The zero-order chi connectivity index (χ0) is 13.1. The second-order valence-electron chi connectivity index (χ2n) is 4.44. The maximum atomic E-state index is 11.4. The summed E-state index contributed by atoms with van der Waals surface area (Å²) in [6, 6.07) is 8.46. The van der Waals surface area contributed by atoms with Gasteiger partial charge in [-0.3, -0.25) is 4.79 Å². The molecular weight excluding hydrogens is 242 g/mol. The van der Waals surface area contributed by atoms with Crippen molar-refractivity contribution in [3.63, 3.8) is 0 Å². The van der Waals surface area contributed by atoms with Crippen molar-refractivity contribution in [1.82, 2.24) is 4.98 Å². The zero-order valence-electron chi connectivity index (χ0n) is 11.0. The number of benzene rings is 1. The molecule has 1 aromatic carbocycles. The third-order valence-corrected chi connectivity index (χ3v) is 4.16. The molecule has 3 heteroatoms. The Bertz CT molecular complexity index is 554. The molecule has 94 valence electrons. The van der Waals surface area contributed by atoms with Crippen molar-refractivity contribution >= 4 is 17.1 Å². The van der Waals surface area contributed by atoms with Gasteiger partial charge in [0.15, 0.2) is 5.78 Å². The number of rotatable bonds is 4. The molecule has 18 heavy (non-hydrogen) atoms. The number of aryl methyl sites for hydroxylation is 2. The number of carbonyl (C=O) groups excluding carboxylic acids is 1. The topological polar surface area (TPSA) is 30.0 Å². The van der Waals surface area contributed by atoms with E-state index in [0.717, 1.165) is 34.0 Å². The summed E-state index contributed by atoms with van der Waals surface area (Å²) in [5.41, 5.74) is 3.27. The van der Waals surface area contributed by atoms with Crippen molar-refractivity contribution in [1.29, 1.82) is 0 Å². The van der Waals surface area contributed by atoms with Crippen LogP contribution in [-0.2, 0) is 6.42 Å². The minimum absolute atomic E-state index is 0.0962. The van der Waals surface area contributed by atoms with E-state index in [1.165, 1.54) is 16.9 Å². The van der Waals surface area contributed by atoms with Gasteiger partial charge in [-0.25, -0.2) is 4.98 Å². The van der Waals surface area contributed by atoms with Gasteiger partial charge in [-0.15, -0.1) is 11.3 Å². The smallest absolute Gasteiger partial charge is 0.171 e. The Morgan fingerprint density at radius 3 is 2.44 bits per heavy atom. The summed E-state index contributed by atoms with van der Waals surface area (Å²) in [4.78, 5) is 16.7. The lowest BCUT2D eigenvalue weighted by Gasteiger charge is -2.00. The van der Waals surface area contributed by atoms with Gasteiger partial charge in [-0.1, -0.05) is 37.6 Å². The minimum atomic E-state index is 0.0962. The Morgan fingerprint density at radius 1 is 1.28 bits per heavy atom. The van der Waals surface area contributed by atoms with Crippen LogP contribution >= 0.6 is 11.3 Å². The van der Waals surface area contributed by atoms with Crippen molar-refractivity contribution < 1.29 is 4.79 Å². The fourth-order valence-electron chi connectivity index (χ4n) is 1.95. The van der Waals surface area contributed by atoms with E-state index in [4.69, 9.17) is 0 Å². The molecule has 2 nitrogen and oxygen atoms in total. The second-order valence-corrected chi connectivity index (χ2v) is 5.44. The van der Waals surface area contributed by atoms with Gasteiger partial charge in [0.05, 0.1) is 10.6 Å². The molecule has 0 spiro atoms. The Morgan fingerprint density at radius 2 is 1.94 bits per heavy atom. The van der Waals surface area contributed by atoms with Gasteiger partial charge in [-0.2, -0.15) is 0 Å². The second kappa shape index (κ2) is 5.44. The van der Waals surface area contributed by atoms with Crippen LogP contribution in [0, 0.1) is 6.92 Å². The van der Waals surface area contributed by atoms with Gasteiger partial charge < -0.3 is 0 Å². The molecule has 0 aliphatic carbocycles. The Balaban J connectivity index is 2.31. The quantitative estimate of drug-likeness (QED) is 0.767. The number of carbonyl (C=O) groups is 1. The number of Topliss-reactive ketones (excluding diaryl/α,β-unsaturated/α-hetero) is 1. The third-order valence-electron chi connectivity index (χ3n) is 2.86.